The van der Waals surface area contributed by atoms with Gasteiger partial charge in [0, 0.05) is 33.7 Å². The van der Waals surface area contributed by atoms with Crippen molar-refractivity contribution in [2.75, 3.05) is 33.9 Å². The molecule has 0 spiro atoms. The van der Waals surface area contributed by atoms with E-state index >= 15 is 0 Å². The van der Waals surface area contributed by atoms with Gasteiger partial charge in [0.1, 0.15) is 11.6 Å². The summed E-state index contributed by atoms with van der Waals surface area (Å²) in [6, 6.07) is 10.3. The Labute approximate surface area is 142 Å². The molecule has 2 aromatic rings. The van der Waals surface area contributed by atoms with Crippen molar-refractivity contribution in [3.63, 3.8) is 0 Å². The van der Waals surface area contributed by atoms with Crippen LogP contribution >= 0.6 is 0 Å². The topological polar surface area (TPSA) is 50.0 Å². The molecule has 0 aliphatic carbocycles. The van der Waals surface area contributed by atoms with E-state index in [1.54, 1.807) is 25.5 Å². The molecule has 0 amide bonds. The first-order valence-corrected chi connectivity index (χ1v) is 7.94. The number of rotatable bonds is 8. The van der Waals surface area contributed by atoms with Gasteiger partial charge in [-0.3, -0.25) is 4.99 Å². The lowest BCUT2D eigenvalue weighted by molar-refractivity contribution is 0.207. The summed E-state index contributed by atoms with van der Waals surface area (Å²) in [5.41, 5.74) is 1.02. The van der Waals surface area contributed by atoms with E-state index in [1.807, 2.05) is 24.1 Å². The number of benzene rings is 1. The molecule has 0 aliphatic heterocycles. The van der Waals surface area contributed by atoms with Crippen molar-refractivity contribution < 1.29 is 13.5 Å². The van der Waals surface area contributed by atoms with Crippen molar-refractivity contribution in [2.45, 2.75) is 13.0 Å². The molecule has 0 atom stereocenters. The number of hydrogen-bond acceptors (Lipinski definition) is 3. The summed E-state index contributed by atoms with van der Waals surface area (Å²) in [5, 5.41) is 3.33. The molecule has 1 N–H and O–H groups in total. The van der Waals surface area contributed by atoms with Gasteiger partial charge in [-0.25, -0.2) is 4.39 Å². The average molecular weight is 333 g/mol. The minimum Gasteiger partial charge on any atom is -0.469 e. The molecular formula is C18H24FN3O2. The molecule has 1 aromatic carbocycles. The van der Waals surface area contributed by atoms with Crippen molar-refractivity contribution in [3.05, 3.63) is 59.8 Å². The second-order valence-corrected chi connectivity index (χ2v) is 5.44. The van der Waals surface area contributed by atoms with Gasteiger partial charge in [-0.05, 0) is 29.8 Å². The normalized spacial score (nSPS) is 11.5. The van der Waals surface area contributed by atoms with E-state index in [9.17, 15) is 4.39 Å². The first-order valence-electron chi connectivity index (χ1n) is 7.94. The third-order valence-corrected chi connectivity index (χ3v) is 3.49. The van der Waals surface area contributed by atoms with Crippen molar-refractivity contribution in [1.82, 2.24) is 10.2 Å². The number of ether oxygens (including phenoxy) is 1. The fourth-order valence-electron chi connectivity index (χ4n) is 2.25. The smallest absolute Gasteiger partial charge is 0.194 e. The summed E-state index contributed by atoms with van der Waals surface area (Å²) in [5.74, 6) is 1.48. The fourth-order valence-corrected chi connectivity index (χ4v) is 2.25. The lowest BCUT2D eigenvalue weighted by Gasteiger charge is -2.22. The molecular weight excluding hydrogens is 309 g/mol. The molecule has 0 fully saturated rings. The van der Waals surface area contributed by atoms with Crippen molar-refractivity contribution in [3.8, 4) is 0 Å². The number of nitrogens with one attached hydrogen (secondary N) is 1. The Bertz CT molecular complexity index is 612. The van der Waals surface area contributed by atoms with E-state index in [-0.39, 0.29) is 5.82 Å². The largest absolute Gasteiger partial charge is 0.469 e. The maximum absolute atomic E-state index is 13.0. The Morgan fingerprint density at radius 1 is 1.29 bits per heavy atom. The Morgan fingerprint density at radius 2 is 2.08 bits per heavy atom. The van der Waals surface area contributed by atoms with Gasteiger partial charge in [0.25, 0.3) is 0 Å². The van der Waals surface area contributed by atoms with E-state index < -0.39 is 0 Å². The van der Waals surface area contributed by atoms with Gasteiger partial charge in [-0.2, -0.15) is 0 Å². The van der Waals surface area contributed by atoms with Crippen LogP contribution in [0.15, 0.2) is 52.1 Å². The molecule has 0 saturated carbocycles. The molecule has 130 valence electrons. The predicted molar refractivity (Wildman–Crippen MR) is 92.5 cm³/mol. The Morgan fingerprint density at radius 3 is 2.75 bits per heavy atom. The van der Waals surface area contributed by atoms with E-state index in [2.05, 4.69) is 10.3 Å². The molecule has 0 radical (unpaired) electrons. The van der Waals surface area contributed by atoms with Gasteiger partial charge < -0.3 is 19.4 Å². The number of furan rings is 1. The summed E-state index contributed by atoms with van der Waals surface area (Å²) in [6.45, 7) is 2.49. The maximum atomic E-state index is 13.0. The summed E-state index contributed by atoms with van der Waals surface area (Å²) < 4.78 is 23.4. The zero-order chi connectivity index (χ0) is 17.2. The molecule has 1 heterocycles. The monoisotopic (exact) mass is 333 g/mol. The Hall–Kier alpha value is -2.34. The van der Waals surface area contributed by atoms with Crippen LogP contribution in [0.3, 0.4) is 0 Å². The highest BCUT2D eigenvalue weighted by atomic mass is 19.1. The predicted octanol–water partition coefficient (Wildman–Crippen LogP) is 2.69. The SMILES string of the molecule is COCCN=C(NCCc1ccco1)N(C)Cc1ccc(F)cc1. The van der Waals surface area contributed by atoms with Crippen molar-refractivity contribution >= 4 is 5.96 Å². The lowest BCUT2D eigenvalue weighted by Crippen LogP contribution is -2.39. The number of guanidine groups is 1. The molecule has 5 nitrogen and oxygen atoms in total. The third kappa shape index (κ3) is 6.04. The van der Waals surface area contributed by atoms with E-state index in [1.165, 1.54) is 12.1 Å². The van der Waals surface area contributed by atoms with E-state index in [4.69, 9.17) is 9.15 Å². The summed E-state index contributed by atoms with van der Waals surface area (Å²) in [7, 11) is 3.61. The fraction of sp³-hybridized carbons (Fsp3) is 0.389. The first kappa shape index (κ1) is 18.0. The van der Waals surface area contributed by atoms with Crippen molar-refractivity contribution in [2.24, 2.45) is 4.99 Å². The average Bonchev–Trinajstić information content (AvgIpc) is 3.09. The van der Waals surface area contributed by atoms with E-state index in [0.717, 1.165) is 23.7 Å². The minimum atomic E-state index is -0.230. The molecule has 24 heavy (non-hydrogen) atoms. The van der Waals surface area contributed by atoms with Crippen LogP contribution in [0.4, 0.5) is 4.39 Å². The number of hydrogen-bond donors (Lipinski definition) is 1. The highest BCUT2D eigenvalue weighted by molar-refractivity contribution is 5.79. The summed E-state index contributed by atoms with van der Waals surface area (Å²) in [4.78, 5) is 6.55. The van der Waals surface area contributed by atoms with Crippen LogP contribution in [0.2, 0.25) is 0 Å². The van der Waals surface area contributed by atoms with Gasteiger partial charge in [0.05, 0.1) is 19.4 Å². The number of aliphatic imine (C=N–C) groups is 1. The first-order chi connectivity index (χ1) is 11.7. The molecule has 2 rings (SSSR count). The van der Waals surface area contributed by atoms with Crippen LogP contribution in [0.5, 0.6) is 0 Å². The van der Waals surface area contributed by atoms with Crippen LogP contribution in [0.1, 0.15) is 11.3 Å². The molecule has 6 heteroatoms. The van der Waals surface area contributed by atoms with Gasteiger partial charge >= 0.3 is 0 Å². The Kier molecular flexibility index (Phi) is 7.29. The minimum absolute atomic E-state index is 0.230. The molecule has 0 bridgehead atoms. The van der Waals surface area contributed by atoms with Gasteiger partial charge in [-0.1, -0.05) is 12.1 Å². The Balaban J connectivity index is 1.92. The summed E-state index contributed by atoms with van der Waals surface area (Å²) in [6.07, 6.45) is 2.45. The van der Waals surface area contributed by atoms with Crippen LogP contribution in [0, 0.1) is 5.82 Å². The molecule has 0 aliphatic rings. The standard InChI is InChI=1S/C18H24FN3O2/c1-22(14-15-5-7-16(19)8-6-15)18(21-11-13-23-2)20-10-9-17-4-3-12-24-17/h3-8,12H,9-11,13-14H2,1-2H3,(H,20,21). The number of methoxy groups -OCH3 is 1. The van der Waals surface area contributed by atoms with Gasteiger partial charge in [0.2, 0.25) is 0 Å². The zero-order valence-corrected chi connectivity index (χ0v) is 14.2. The van der Waals surface area contributed by atoms with E-state index in [0.29, 0.717) is 26.2 Å². The van der Waals surface area contributed by atoms with Crippen molar-refractivity contribution in [1.29, 1.82) is 0 Å². The number of nitrogens with zero attached hydrogens (tertiary/aromatic N) is 2. The van der Waals surface area contributed by atoms with Crippen LogP contribution < -0.4 is 5.32 Å². The molecule has 1 aromatic heterocycles. The summed E-state index contributed by atoms with van der Waals surface area (Å²) >= 11 is 0. The second-order valence-electron chi connectivity index (χ2n) is 5.44. The second kappa shape index (κ2) is 9.72. The van der Waals surface area contributed by atoms with Gasteiger partial charge in [0.15, 0.2) is 5.96 Å². The van der Waals surface area contributed by atoms with Crippen LogP contribution in [-0.2, 0) is 17.7 Å². The quantitative estimate of drug-likeness (QED) is 0.458. The maximum Gasteiger partial charge on any atom is 0.194 e. The third-order valence-electron chi connectivity index (χ3n) is 3.49. The highest BCUT2D eigenvalue weighted by Crippen LogP contribution is 2.06. The highest BCUT2D eigenvalue weighted by Gasteiger charge is 2.08. The molecule has 0 saturated heterocycles. The number of halogens is 1. The molecule has 0 unspecified atom stereocenters. The van der Waals surface area contributed by atoms with Crippen LogP contribution in [0.25, 0.3) is 0 Å². The van der Waals surface area contributed by atoms with Crippen LogP contribution in [-0.4, -0.2) is 44.7 Å². The van der Waals surface area contributed by atoms with Gasteiger partial charge in [-0.15, -0.1) is 0 Å². The zero-order valence-electron chi connectivity index (χ0n) is 14.2. The lowest BCUT2D eigenvalue weighted by atomic mass is 10.2.